The molecule has 1 unspecified atom stereocenters. The number of piperidine rings is 1. The number of nitrogens with one attached hydrogen (secondary N) is 2. The fourth-order valence-corrected chi connectivity index (χ4v) is 4.41. The van der Waals surface area contributed by atoms with Gasteiger partial charge in [-0.3, -0.25) is 9.59 Å². The van der Waals surface area contributed by atoms with Crippen molar-refractivity contribution in [1.29, 1.82) is 0 Å². The minimum absolute atomic E-state index is 0.0345. The molecule has 33 heavy (non-hydrogen) atoms. The van der Waals surface area contributed by atoms with E-state index in [4.69, 9.17) is 0 Å². The molecule has 2 N–H and O–H groups in total. The van der Waals surface area contributed by atoms with E-state index in [-0.39, 0.29) is 6.07 Å². The second-order valence-electron chi connectivity index (χ2n) is 8.02. The number of anilines is 1. The summed E-state index contributed by atoms with van der Waals surface area (Å²) >= 11 is 0. The van der Waals surface area contributed by atoms with Crippen molar-refractivity contribution in [3.8, 4) is 0 Å². The lowest BCUT2D eigenvalue weighted by molar-refractivity contribution is -0.143. The summed E-state index contributed by atoms with van der Waals surface area (Å²) in [5, 5.41) is 5.64. The quantitative estimate of drug-likeness (QED) is 0.525. The van der Waals surface area contributed by atoms with Crippen molar-refractivity contribution in [1.82, 2.24) is 10.6 Å². The van der Waals surface area contributed by atoms with Crippen LogP contribution in [0, 0.1) is 0 Å². The monoisotopic (exact) mass is 471 g/mol. The van der Waals surface area contributed by atoms with Crippen LogP contribution in [0.3, 0.4) is 0 Å². The van der Waals surface area contributed by atoms with Crippen molar-refractivity contribution < 1.29 is 35.9 Å². The Morgan fingerprint density at radius 2 is 1.45 bits per heavy atom. The third-order valence-corrected chi connectivity index (χ3v) is 6.00. The Morgan fingerprint density at radius 1 is 0.909 bits per heavy atom. The van der Waals surface area contributed by atoms with E-state index < -0.39 is 52.4 Å². The second kappa shape index (κ2) is 8.05. The van der Waals surface area contributed by atoms with E-state index in [0.717, 1.165) is 0 Å². The summed E-state index contributed by atoms with van der Waals surface area (Å²) < 4.78 is 79.8. The second-order valence-corrected chi connectivity index (χ2v) is 8.02. The molecule has 4 rings (SSSR count). The largest absolute Gasteiger partial charge is 0.416 e. The molecule has 2 aromatic carbocycles. The number of alkyl halides is 6. The first kappa shape index (κ1) is 23.1. The van der Waals surface area contributed by atoms with Crippen LogP contribution in [0.2, 0.25) is 0 Å². The maximum Gasteiger partial charge on any atom is 0.416 e. The molecule has 1 amide bonds. The Bertz CT molecular complexity index is 1030. The van der Waals surface area contributed by atoms with Crippen LogP contribution in [0.25, 0.3) is 0 Å². The fraction of sp³-hybridized carbons (Fsp3) is 0.364. The van der Waals surface area contributed by atoms with Crippen molar-refractivity contribution in [2.24, 2.45) is 0 Å². The zero-order valence-corrected chi connectivity index (χ0v) is 17.1. The number of halogens is 6. The number of ketones is 1. The third kappa shape index (κ3) is 4.17. The van der Waals surface area contributed by atoms with Gasteiger partial charge in [0.05, 0.1) is 11.1 Å². The molecule has 11 heteroatoms. The smallest absolute Gasteiger partial charge is 0.330 e. The summed E-state index contributed by atoms with van der Waals surface area (Å²) in [5.74, 6) is -1.55. The average molecular weight is 471 g/mol. The third-order valence-electron chi connectivity index (χ3n) is 6.00. The number of nitrogens with zero attached hydrogens (tertiary/aromatic N) is 1. The van der Waals surface area contributed by atoms with Gasteiger partial charge in [0.15, 0.2) is 6.17 Å². The Labute approximate surface area is 184 Å². The molecule has 0 aliphatic carbocycles. The zero-order chi connectivity index (χ0) is 24.0. The standard InChI is InChI=1S/C22H19F6N3O2/c23-21(24,25)14-10-13(11-15(12-14)22(26,27)28)17(32)18-30-19(33)20(6-8-29-9-7-20)31(18)16-4-2-1-3-5-16/h1-5,10-12,18,29H,6-9H2,(H,30,33). The van der Waals surface area contributed by atoms with Gasteiger partial charge < -0.3 is 15.5 Å². The summed E-state index contributed by atoms with van der Waals surface area (Å²) in [5.41, 5.74) is -4.66. The lowest BCUT2D eigenvalue weighted by atomic mass is 9.86. The van der Waals surface area contributed by atoms with Crippen LogP contribution in [0.15, 0.2) is 48.5 Å². The molecule has 2 heterocycles. The number of hydrogen-bond donors (Lipinski definition) is 2. The van der Waals surface area contributed by atoms with Crippen LogP contribution in [0.1, 0.15) is 34.3 Å². The van der Waals surface area contributed by atoms with Crippen LogP contribution < -0.4 is 15.5 Å². The number of hydrogen-bond acceptors (Lipinski definition) is 4. The van der Waals surface area contributed by atoms with Crippen molar-refractivity contribution in [2.75, 3.05) is 18.0 Å². The molecule has 2 aromatic rings. The van der Waals surface area contributed by atoms with Gasteiger partial charge in [0.1, 0.15) is 5.54 Å². The summed E-state index contributed by atoms with van der Waals surface area (Å²) in [7, 11) is 0. The Morgan fingerprint density at radius 3 is 1.97 bits per heavy atom. The lowest BCUT2D eigenvalue weighted by Gasteiger charge is -2.42. The number of Topliss-reactive ketones (excluding diaryl/α,β-unsaturated/α-hetero) is 1. The van der Waals surface area contributed by atoms with Crippen LogP contribution in [-0.4, -0.2) is 36.5 Å². The zero-order valence-electron chi connectivity index (χ0n) is 17.1. The molecule has 2 fully saturated rings. The summed E-state index contributed by atoms with van der Waals surface area (Å²) in [4.78, 5) is 27.9. The Kier molecular flexibility index (Phi) is 5.63. The van der Waals surface area contributed by atoms with Gasteiger partial charge in [-0.25, -0.2) is 0 Å². The van der Waals surface area contributed by atoms with Gasteiger partial charge in [0, 0.05) is 11.3 Å². The number of benzene rings is 2. The highest BCUT2D eigenvalue weighted by Gasteiger charge is 2.55. The van der Waals surface area contributed by atoms with E-state index in [1.807, 2.05) is 0 Å². The van der Waals surface area contributed by atoms with Crippen molar-refractivity contribution in [3.05, 3.63) is 65.2 Å². The molecule has 1 spiro atoms. The van der Waals surface area contributed by atoms with E-state index >= 15 is 0 Å². The van der Waals surface area contributed by atoms with Gasteiger partial charge in [-0.1, -0.05) is 18.2 Å². The predicted molar refractivity (Wildman–Crippen MR) is 106 cm³/mol. The predicted octanol–water partition coefficient (Wildman–Crippen LogP) is 3.99. The van der Waals surface area contributed by atoms with Gasteiger partial charge in [-0.2, -0.15) is 26.3 Å². The molecule has 176 valence electrons. The van der Waals surface area contributed by atoms with Crippen LogP contribution in [-0.2, 0) is 17.1 Å². The number of amides is 1. The van der Waals surface area contributed by atoms with Gasteiger partial charge in [-0.05, 0) is 56.3 Å². The van der Waals surface area contributed by atoms with E-state index in [1.165, 1.54) is 4.90 Å². The van der Waals surface area contributed by atoms with Crippen LogP contribution >= 0.6 is 0 Å². The lowest BCUT2D eigenvalue weighted by Crippen LogP contribution is -2.57. The molecule has 2 saturated heterocycles. The molecule has 0 bridgehead atoms. The normalized spacial score (nSPS) is 20.7. The average Bonchev–Trinajstić information content (AvgIpc) is 3.04. The highest BCUT2D eigenvalue weighted by molar-refractivity contribution is 6.09. The van der Waals surface area contributed by atoms with E-state index in [0.29, 0.717) is 43.8 Å². The first-order valence-corrected chi connectivity index (χ1v) is 10.1. The highest BCUT2D eigenvalue weighted by atomic mass is 19.4. The van der Waals surface area contributed by atoms with Gasteiger partial charge in [0.2, 0.25) is 11.7 Å². The summed E-state index contributed by atoms with van der Waals surface area (Å²) in [6, 6.07) is 9.06. The van der Waals surface area contributed by atoms with Crippen molar-refractivity contribution in [3.63, 3.8) is 0 Å². The summed E-state index contributed by atoms with van der Waals surface area (Å²) in [6.07, 6.45) is -11.0. The minimum atomic E-state index is -5.09. The maximum absolute atomic E-state index is 13.4. The minimum Gasteiger partial charge on any atom is -0.330 e. The molecule has 0 saturated carbocycles. The number of rotatable bonds is 3. The number of carbonyl (C=O) groups is 2. The van der Waals surface area contributed by atoms with Crippen molar-refractivity contribution >= 4 is 17.4 Å². The topological polar surface area (TPSA) is 61.4 Å². The van der Waals surface area contributed by atoms with Crippen LogP contribution in [0.5, 0.6) is 0 Å². The van der Waals surface area contributed by atoms with Crippen molar-refractivity contribution in [2.45, 2.75) is 36.9 Å². The van der Waals surface area contributed by atoms with E-state index in [9.17, 15) is 35.9 Å². The number of para-hydroxylation sites is 1. The summed E-state index contributed by atoms with van der Waals surface area (Å²) in [6.45, 7) is 0.916. The maximum atomic E-state index is 13.4. The molecule has 2 aliphatic heterocycles. The Balaban J connectivity index is 1.82. The van der Waals surface area contributed by atoms with E-state index in [2.05, 4.69) is 10.6 Å². The Hall–Kier alpha value is -3.08. The first-order chi connectivity index (χ1) is 15.4. The fourth-order valence-electron chi connectivity index (χ4n) is 4.41. The van der Waals surface area contributed by atoms with Crippen LogP contribution in [0.4, 0.5) is 32.0 Å². The molecule has 2 aliphatic rings. The molecule has 1 atom stereocenters. The van der Waals surface area contributed by atoms with Gasteiger partial charge in [0.25, 0.3) is 0 Å². The van der Waals surface area contributed by atoms with Gasteiger partial charge in [-0.15, -0.1) is 0 Å². The molecular formula is C22H19F6N3O2. The SMILES string of the molecule is O=C(c1cc(C(F)(F)F)cc(C(F)(F)F)c1)C1NC(=O)C2(CCNCC2)N1c1ccccc1. The number of carbonyl (C=O) groups excluding carboxylic acids is 2. The molecule has 5 nitrogen and oxygen atoms in total. The highest BCUT2D eigenvalue weighted by Crippen LogP contribution is 2.40. The first-order valence-electron chi connectivity index (χ1n) is 10.1. The molecule has 0 radical (unpaired) electrons. The molecule has 0 aromatic heterocycles. The molecular weight excluding hydrogens is 452 g/mol. The van der Waals surface area contributed by atoms with Gasteiger partial charge >= 0.3 is 12.4 Å². The van der Waals surface area contributed by atoms with E-state index in [1.54, 1.807) is 30.3 Å².